The number of hydrogen-bond acceptors (Lipinski definition) is 7. The summed E-state index contributed by atoms with van der Waals surface area (Å²) in [7, 11) is 1.27. The van der Waals surface area contributed by atoms with Crippen molar-refractivity contribution in [3.8, 4) is 6.07 Å². The summed E-state index contributed by atoms with van der Waals surface area (Å²) in [6.45, 7) is 0. The number of aromatic nitrogens is 2. The first-order valence-corrected chi connectivity index (χ1v) is 8.20. The van der Waals surface area contributed by atoms with Crippen molar-refractivity contribution in [2.75, 3.05) is 17.7 Å². The maximum atomic E-state index is 12.4. The molecule has 0 aliphatic rings. The van der Waals surface area contributed by atoms with E-state index in [0.29, 0.717) is 22.8 Å². The molecule has 2 N–H and O–H groups in total. The van der Waals surface area contributed by atoms with Gasteiger partial charge in [-0.25, -0.2) is 4.79 Å². The van der Waals surface area contributed by atoms with Crippen molar-refractivity contribution < 1.29 is 14.3 Å². The summed E-state index contributed by atoms with van der Waals surface area (Å²) in [5.41, 5.74) is 1.82. The molecule has 0 fully saturated rings. The Morgan fingerprint density at radius 3 is 2.57 bits per heavy atom. The van der Waals surface area contributed by atoms with Crippen molar-refractivity contribution in [2.45, 2.75) is 0 Å². The Kier molecular flexibility index (Phi) is 5.58. The summed E-state index contributed by atoms with van der Waals surface area (Å²) >= 11 is 0. The van der Waals surface area contributed by atoms with Gasteiger partial charge < -0.3 is 15.4 Å². The number of hydrogen-bond donors (Lipinski definition) is 2. The molecule has 3 rings (SSSR count). The molecule has 0 atom stereocenters. The molecule has 0 radical (unpaired) electrons. The Morgan fingerprint density at radius 2 is 1.86 bits per heavy atom. The van der Waals surface area contributed by atoms with Crippen LogP contribution in [-0.2, 0) is 4.74 Å². The first-order chi connectivity index (χ1) is 13.6. The Morgan fingerprint density at radius 1 is 1.04 bits per heavy atom. The van der Waals surface area contributed by atoms with Crippen LogP contribution in [0.2, 0.25) is 0 Å². The standard InChI is InChI=1S/C20H15N5O3/c1-28-20(27)15-7-2-3-8-16(15)23-19(26)17-9-10-18(25-24-17)22-14-6-4-5-13(11-14)12-21/h2-11H,1H3,(H,22,25)(H,23,26). The molecular formula is C20H15N5O3. The van der Waals surface area contributed by atoms with Gasteiger partial charge in [-0.3, -0.25) is 4.79 Å². The third kappa shape index (κ3) is 4.28. The zero-order valence-electron chi connectivity index (χ0n) is 14.8. The molecule has 0 unspecified atom stereocenters. The Bertz CT molecular complexity index is 1060. The monoisotopic (exact) mass is 373 g/mol. The van der Waals surface area contributed by atoms with Gasteiger partial charge in [0.25, 0.3) is 5.91 Å². The number of carbonyl (C=O) groups is 2. The lowest BCUT2D eigenvalue weighted by atomic mass is 10.1. The van der Waals surface area contributed by atoms with Crippen LogP contribution in [0.5, 0.6) is 0 Å². The highest BCUT2D eigenvalue weighted by atomic mass is 16.5. The summed E-state index contributed by atoms with van der Waals surface area (Å²) in [5, 5.41) is 22.4. The molecule has 8 nitrogen and oxygen atoms in total. The minimum atomic E-state index is -0.555. The smallest absolute Gasteiger partial charge is 0.339 e. The summed E-state index contributed by atoms with van der Waals surface area (Å²) in [6.07, 6.45) is 0. The quantitative estimate of drug-likeness (QED) is 0.660. The Labute approximate surface area is 160 Å². The van der Waals surface area contributed by atoms with Crippen molar-refractivity contribution in [1.82, 2.24) is 10.2 Å². The average Bonchev–Trinajstić information content (AvgIpc) is 2.74. The number of esters is 1. The second kappa shape index (κ2) is 8.42. The molecule has 1 heterocycles. The minimum absolute atomic E-state index is 0.0796. The van der Waals surface area contributed by atoms with Gasteiger partial charge >= 0.3 is 5.97 Å². The number of rotatable bonds is 5. The summed E-state index contributed by atoms with van der Waals surface area (Å²) in [4.78, 5) is 24.2. The van der Waals surface area contributed by atoms with E-state index in [1.54, 1.807) is 54.6 Å². The van der Waals surface area contributed by atoms with Gasteiger partial charge in [0.05, 0.1) is 30.0 Å². The number of amides is 1. The molecule has 28 heavy (non-hydrogen) atoms. The van der Waals surface area contributed by atoms with Crippen molar-refractivity contribution in [3.05, 3.63) is 77.5 Å². The largest absolute Gasteiger partial charge is 0.465 e. The second-order valence-corrected chi connectivity index (χ2v) is 5.61. The van der Waals surface area contributed by atoms with Gasteiger partial charge in [-0.15, -0.1) is 10.2 Å². The first-order valence-electron chi connectivity index (χ1n) is 8.20. The van der Waals surface area contributed by atoms with Gasteiger partial charge in [0, 0.05) is 5.69 Å². The highest BCUT2D eigenvalue weighted by Crippen LogP contribution is 2.18. The average molecular weight is 373 g/mol. The fourth-order valence-electron chi connectivity index (χ4n) is 2.40. The lowest BCUT2D eigenvalue weighted by Crippen LogP contribution is -2.17. The number of benzene rings is 2. The third-order valence-corrected chi connectivity index (χ3v) is 3.74. The van der Waals surface area contributed by atoms with Gasteiger partial charge in [0.15, 0.2) is 11.5 Å². The molecule has 2 aromatic carbocycles. The molecule has 8 heteroatoms. The number of nitriles is 1. The van der Waals surface area contributed by atoms with Crippen molar-refractivity contribution >= 4 is 29.1 Å². The van der Waals surface area contributed by atoms with Crippen molar-refractivity contribution in [3.63, 3.8) is 0 Å². The highest BCUT2D eigenvalue weighted by molar-refractivity contribution is 6.07. The zero-order chi connectivity index (χ0) is 19.9. The van der Waals surface area contributed by atoms with E-state index in [1.165, 1.54) is 13.2 Å². The maximum Gasteiger partial charge on any atom is 0.339 e. The lowest BCUT2D eigenvalue weighted by Gasteiger charge is -2.09. The van der Waals surface area contributed by atoms with Gasteiger partial charge in [-0.05, 0) is 42.5 Å². The fourth-order valence-corrected chi connectivity index (χ4v) is 2.40. The van der Waals surface area contributed by atoms with Crippen LogP contribution in [0.1, 0.15) is 26.4 Å². The summed E-state index contributed by atoms with van der Waals surface area (Å²) in [6, 6.07) is 18.5. The summed E-state index contributed by atoms with van der Waals surface area (Å²) < 4.78 is 4.71. The normalized spacial score (nSPS) is 9.86. The number of anilines is 3. The topological polar surface area (TPSA) is 117 Å². The van der Waals surface area contributed by atoms with Crippen LogP contribution in [0.3, 0.4) is 0 Å². The van der Waals surface area contributed by atoms with Crippen LogP contribution in [-0.4, -0.2) is 29.2 Å². The van der Waals surface area contributed by atoms with E-state index in [4.69, 9.17) is 10.00 Å². The Balaban J connectivity index is 1.72. The van der Waals surface area contributed by atoms with Crippen LogP contribution in [0.15, 0.2) is 60.7 Å². The van der Waals surface area contributed by atoms with Crippen LogP contribution in [0.25, 0.3) is 0 Å². The van der Waals surface area contributed by atoms with Crippen LogP contribution in [0.4, 0.5) is 17.2 Å². The van der Waals surface area contributed by atoms with E-state index in [-0.39, 0.29) is 11.3 Å². The van der Waals surface area contributed by atoms with E-state index < -0.39 is 11.9 Å². The first kappa shape index (κ1) is 18.5. The number of para-hydroxylation sites is 1. The third-order valence-electron chi connectivity index (χ3n) is 3.74. The van der Waals surface area contributed by atoms with Gasteiger partial charge in [-0.1, -0.05) is 18.2 Å². The lowest BCUT2D eigenvalue weighted by molar-refractivity contribution is 0.0602. The predicted octanol–water partition coefficient (Wildman–Crippen LogP) is 3.13. The van der Waals surface area contributed by atoms with Crippen LogP contribution < -0.4 is 10.6 Å². The zero-order valence-corrected chi connectivity index (χ0v) is 14.8. The molecule has 1 aromatic heterocycles. The van der Waals surface area contributed by atoms with E-state index in [9.17, 15) is 9.59 Å². The molecule has 0 spiro atoms. The highest BCUT2D eigenvalue weighted by Gasteiger charge is 2.15. The molecule has 0 saturated heterocycles. The minimum Gasteiger partial charge on any atom is -0.465 e. The van der Waals surface area contributed by atoms with E-state index >= 15 is 0 Å². The number of ether oxygens (including phenoxy) is 1. The molecule has 0 aliphatic heterocycles. The molecule has 0 saturated carbocycles. The summed E-state index contributed by atoms with van der Waals surface area (Å²) in [5.74, 6) is -0.649. The second-order valence-electron chi connectivity index (χ2n) is 5.61. The number of nitrogens with zero attached hydrogens (tertiary/aromatic N) is 3. The van der Waals surface area contributed by atoms with Crippen molar-refractivity contribution in [2.24, 2.45) is 0 Å². The van der Waals surface area contributed by atoms with Gasteiger partial charge in [-0.2, -0.15) is 5.26 Å². The van der Waals surface area contributed by atoms with Gasteiger partial charge in [0.2, 0.25) is 0 Å². The molecule has 1 amide bonds. The molecule has 3 aromatic rings. The molecule has 0 aliphatic carbocycles. The van der Waals surface area contributed by atoms with E-state index in [0.717, 1.165) is 0 Å². The number of methoxy groups -OCH3 is 1. The fraction of sp³-hybridized carbons (Fsp3) is 0.0500. The molecule has 138 valence electrons. The maximum absolute atomic E-state index is 12.4. The van der Waals surface area contributed by atoms with E-state index in [1.807, 2.05) is 0 Å². The molecular weight excluding hydrogens is 358 g/mol. The van der Waals surface area contributed by atoms with E-state index in [2.05, 4.69) is 26.9 Å². The SMILES string of the molecule is COC(=O)c1ccccc1NC(=O)c1ccc(Nc2cccc(C#N)c2)nn1. The predicted molar refractivity (Wildman–Crippen MR) is 102 cm³/mol. The van der Waals surface area contributed by atoms with Crippen LogP contribution in [0, 0.1) is 11.3 Å². The molecule has 0 bridgehead atoms. The van der Waals surface area contributed by atoms with Crippen molar-refractivity contribution in [1.29, 1.82) is 5.26 Å². The Hall–Kier alpha value is -4.25. The van der Waals surface area contributed by atoms with Gasteiger partial charge in [0.1, 0.15) is 0 Å². The number of carbonyl (C=O) groups excluding carboxylic acids is 2. The number of nitrogens with one attached hydrogen (secondary N) is 2. The van der Waals surface area contributed by atoms with Crippen LogP contribution >= 0.6 is 0 Å².